The molecule has 1 aromatic carbocycles. The molecule has 0 atom stereocenters. The van der Waals surface area contributed by atoms with Crippen molar-refractivity contribution in [2.75, 3.05) is 26.7 Å². The van der Waals surface area contributed by atoms with Gasteiger partial charge in [0.15, 0.2) is 0 Å². The molecule has 1 aromatic rings. The van der Waals surface area contributed by atoms with Crippen molar-refractivity contribution in [3.05, 3.63) is 28.8 Å². The van der Waals surface area contributed by atoms with Crippen molar-refractivity contribution in [3.63, 3.8) is 0 Å². The third-order valence-electron chi connectivity index (χ3n) is 2.25. The van der Waals surface area contributed by atoms with E-state index in [9.17, 15) is 4.79 Å². The van der Waals surface area contributed by atoms with E-state index in [4.69, 9.17) is 16.3 Å². The minimum Gasteiger partial charge on any atom is -0.496 e. The van der Waals surface area contributed by atoms with Crippen LogP contribution in [0.5, 0.6) is 5.75 Å². The number of hydrogen-bond donors (Lipinski definition) is 2. The fourth-order valence-electron chi connectivity index (χ4n) is 1.39. The first-order chi connectivity index (χ1) is 8.19. The normalized spacial score (nSPS) is 10.1. The second-order valence-corrected chi connectivity index (χ2v) is 3.89. The number of nitrogens with one attached hydrogen (secondary N) is 2. The second-order valence-electron chi connectivity index (χ2n) is 3.45. The Bertz CT molecular complexity index is 383. The smallest absolute Gasteiger partial charge is 0.255 e. The quantitative estimate of drug-likeness (QED) is 0.762. The predicted molar refractivity (Wildman–Crippen MR) is 68.9 cm³/mol. The highest BCUT2D eigenvalue weighted by Crippen LogP contribution is 2.22. The fourth-order valence-corrected chi connectivity index (χ4v) is 1.55. The molecule has 1 rings (SSSR count). The van der Waals surface area contributed by atoms with Crippen molar-refractivity contribution in [3.8, 4) is 5.75 Å². The summed E-state index contributed by atoms with van der Waals surface area (Å²) in [6, 6.07) is 4.95. The molecule has 1 amide bonds. The first kappa shape index (κ1) is 13.8. The number of amides is 1. The number of hydrogen-bond acceptors (Lipinski definition) is 3. The van der Waals surface area contributed by atoms with Gasteiger partial charge in [-0.1, -0.05) is 18.5 Å². The number of carbonyl (C=O) groups excluding carboxylic acids is 1. The molecule has 17 heavy (non-hydrogen) atoms. The van der Waals surface area contributed by atoms with Crippen LogP contribution in [0, 0.1) is 0 Å². The van der Waals surface area contributed by atoms with Crippen LogP contribution in [-0.4, -0.2) is 32.7 Å². The summed E-state index contributed by atoms with van der Waals surface area (Å²) in [4.78, 5) is 11.8. The van der Waals surface area contributed by atoms with Crippen LogP contribution in [0.4, 0.5) is 0 Å². The lowest BCUT2D eigenvalue weighted by molar-refractivity contribution is 0.0951. The molecular weight excluding hydrogens is 240 g/mol. The summed E-state index contributed by atoms with van der Waals surface area (Å²) in [6.45, 7) is 4.24. The molecule has 94 valence electrons. The Morgan fingerprint density at radius 1 is 1.41 bits per heavy atom. The summed E-state index contributed by atoms with van der Waals surface area (Å²) in [6.07, 6.45) is 0. The van der Waals surface area contributed by atoms with Crippen molar-refractivity contribution < 1.29 is 9.53 Å². The van der Waals surface area contributed by atoms with Crippen LogP contribution in [0.15, 0.2) is 18.2 Å². The Labute approximate surface area is 106 Å². The largest absolute Gasteiger partial charge is 0.496 e. The monoisotopic (exact) mass is 256 g/mol. The zero-order chi connectivity index (χ0) is 12.7. The molecule has 2 N–H and O–H groups in total. The summed E-state index contributed by atoms with van der Waals surface area (Å²) in [7, 11) is 1.51. The Hall–Kier alpha value is -1.26. The van der Waals surface area contributed by atoms with E-state index in [1.165, 1.54) is 7.11 Å². The van der Waals surface area contributed by atoms with E-state index in [0.29, 0.717) is 22.9 Å². The van der Waals surface area contributed by atoms with Gasteiger partial charge in [-0.25, -0.2) is 0 Å². The van der Waals surface area contributed by atoms with E-state index < -0.39 is 0 Å². The molecule has 0 spiro atoms. The average Bonchev–Trinajstić information content (AvgIpc) is 2.34. The Balaban J connectivity index is 2.62. The number of carbonyl (C=O) groups is 1. The maximum Gasteiger partial charge on any atom is 0.255 e. The lowest BCUT2D eigenvalue weighted by Crippen LogP contribution is -2.31. The van der Waals surface area contributed by atoms with Crippen molar-refractivity contribution in [2.24, 2.45) is 0 Å². The third kappa shape index (κ3) is 4.24. The highest BCUT2D eigenvalue weighted by molar-refractivity contribution is 6.30. The number of halogens is 1. The molecule has 0 fully saturated rings. The summed E-state index contributed by atoms with van der Waals surface area (Å²) < 4.78 is 5.11. The van der Waals surface area contributed by atoms with Gasteiger partial charge in [0, 0.05) is 18.1 Å². The van der Waals surface area contributed by atoms with Crippen LogP contribution < -0.4 is 15.4 Å². The molecule has 0 bridgehead atoms. The maximum atomic E-state index is 11.8. The zero-order valence-electron chi connectivity index (χ0n) is 10.0. The van der Waals surface area contributed by atoms with E-state index >= 15 is 0 Å². The molecule has 0 aliphatic carbocycles. The number of benzene rings is 1. The van der Waals surface area contributed by atoms with Crippen LogP contribution in [0.2, 0.25) is 5.02 Å². The molecule has 0 aromatic heterocycles. The number of methoxy groups -OCH3 is 1. The minimum atomic E-state index is -0.156. The summed E-state index contributed by atoms with van der Waals surface area (Å²) >= 11 is 5.82. The van der Waals surface area contributed by atoms with E-state index in [2.05, 4.69) is 10.6 Å². The van der Waals surface area contributed by atoms with Gasteiger partial charge in [0.05, 0.1) is 12.7 Å². The number of ether oxygens (including phenoxy) is 1. The van der Waals surface area contributed by atoms with Crippen LogP contribution in [-0.2, 0) is 0 Å². The summed E-state index contributed by atoms with van der Waals surface area (Å²) in [5.41, 5.74) is 0.494. The van der Waals surface area contributed by atoms with Gasteiger partial charge in [0.25, 0.3) is 5.91 Å². The Morgan fingerprint density at radius 2 is 2.18 bits per heavy atom. The molecule has 0 saturated heterocycles. The number of rotatable bonds is 6. The second kappa shape index (κ2) is 7.14. The van der Waals surface area contributed by atoms with Crippen molar-refractivity contribution in [2.45, 2.75) is 6.92 Å². The van der Waals surface area contributed by atoms with E-state index in [1.807, 2.05) is 6.92 Å². The standard InChI is InChI=1S/C12H17ClN2O2/c1-3-14-6-7-15-12(16)10-5-4-9(13)8-11(10)17-2/h4-5,8,14H,3,6-7H2,1-2H3,(H,15,16). The Morgan fingerprint density at radius 3 is 2.82 bits per heavy atom. The molecule has 0 heterocycles. The van der Waals surface area contributed by atoms with Gasteiger partial charge in [-0.2, -0.15) is 0 Å². The van der Waals surface area contributed by atoms with Crippen molar-refractivity contribution in [1.82, 2.24) is 10.6 Å². The van der Waals surface area contributed by atoms with E-state index in [-0.39, 0.29) is 5.91 Å². The van der Waals surface area contributed by atoms with Gasteiger partial charge >= 0.3 is 0 Å². The van der Waals surface area contributed by atoms with Gasteiger partial charge in [-0.15, -0.1) is 0 Å². The summed E-state index contributed by atoms with van der Waals surface area (Å²) in [5.74, 6) is 0.329. The fraction of sp³-hybridized carbons (Fsp3) is 0.417. The van der Waals surface area contributed by atoms with Crippen LogP contribution in [0.25, 0.3) is 0 Å². The Kier molecular flexibility index (Phi) is 5.80. The molecule has 0 aliphatic rings. The molecule has 0 radical (unpaired) electrons. The third-order valence-corrected chi connectivity index (χ3v) is 2.48. The number of likely N-dealkylation sites (N-methyl/N-ethyl adjacent to an activating group) is 1. The minimum absolute atomic E-state index is 0.156. The molecule has 0 aliphatic heterocycles. The van der Waals surface area contributed by atoms with Gasteiger partial charge < -0.3 is 15.4 Å². The lowest BCUT2D eigenvalue weighted by Gasteiger charge is -2.09. The SMILES string of the molecule is CCNCCNC(=O)c1ccc(Cl)cc1OC. The van der Waals surface area contributed by atoms with Crippen LogP contribution in [0.3, 0.4) is 0 Å². The molecule has 4 nitrogen and oxygen atoms in total. The zero-order valence-corrected chi connectivity index (χ0v) is 10.8. The molecule has 0 saturated carbocycles. The van der Waals surface area contributed by atoms with E-state index in [0.717, 1.165) is 13.1 Å². The lowest BCUT2D eigenvalue weighted by atomic mass is 10.2. The first-order valence-corrected chi connectivity index (χ1v) is 5.89. The first-order valence-electron chi connectivity index (χ1n) is 5.51. The molecule has 5 heteroatoms. The summed E-state index contributed by atoms with van der Waals surface area (Å²) in [5, 5.41) is 6.48. The van der Waals surface area contributed by atoms with Gasteiger partial charge in [0.1, 0.15) is 5.75 Å². The highest BCUT2D eigenvalue weighted by atomic mass is 35.5. The van der Waals surface area contributed by atoms with Gasteiger partial charge in [0.2, 0.25) is 0 Å². The average molecular weight is 257 g/mol. The maximum absolute atomic E-state index is 11.8. The van der Waals surface area contributed by atoms with Crippen molar-refractivity contribution >= 4 is 17.5 Å². The van der Waals surface area contributed by atoms with Gasteiger partial charge in [-0.05, 0) is 24.7 Å². The van der Waals surface area contributed by atoms with Gasteiger partial charge in [-0.3, -0.25) is 4.79 Å². The van der Waals surface area contributed by atoms with Crippen LogP contribution >= 0.6 is 11.6 Å². The molecular formula is C12H17ClN2O2. The van der Waals surface area contributed by atoms with E-state index in [1.54, 1.807) is 18.2 Å². The molecule has 0 unspecified atom stereocenters. The van der Waals surface area contributed by atoms with Crippen LogP contribution in [0.1, 0.15) is 17.3 Å². The topological polar surface area (TPSA) is 50.4 Å². The van der Waals surface area contributed by atoms with Crippen molar-refractivity contribution in [1.29, 1.82) is 0 Å². The predicted octanol–water partition coefficient (Wildman–Crippen LogP) is 1.69. The highest BCUT2D eigenvalue weighted by Gasteiger charge is 2.11.